The molecule has 0 atom stereocenters. The first-order chi connectivity index (χ1) is 9.26. The van der Waals surface area contributed by atoms with Crippen LogP contribution in [0.2, 0.25) is 0 Å². The Balaban J connectivity index is 2.69. The van der Waals surface area contributed by atoms with Gasteiger partial charge in [0, 0.05) is 5.69 Å². The van der Waals surface area contributed by atoms with Crippen molar-refractivity contribution < 1.29 is 22.3 Å². The quantitative estimate of drug-likeness (QED) is 0.638. The lowest BCUT2D eigenvalue weighted by atomic mass is 10.1. The first kappa shape index (κ1) is 16.4. The molecule has 20 heavy (non-hydrogen) atoms. The highest BCUT2D eigenvalue weighted by Crippen LogP contribution is 2.18. The molecule has 0 heterocycles. The van der Waals surface area contributed by atoms with Crippen LogP contribution in [0.4, 0.5) is 10.1 Å². The maximum atomic E-state index is 13.7. The molecule has 0 aromatic heterocycles. The summed E-state index contributed by atoms with van der Waals surface area (Å²) in [5.74, 6) is -1.85. The van der Waals surface area contributed by atoms with E-state index in [2.05, 4.69) is 0 Å². The van der Waals surface area contributed by atoms with E-state index < -0.39 is 21.6 Å². The SMILES string of the molecule is CCCS(=O)(=O)CCOC(=O)c1cc(N)cc(C)c1F. The molecule has 1 rings (SSSR count). The smallest absolute Gasteiger partial charge is 0.341 e. The molecule has 112 valence electrons. The summed E-state index contributed by atoms with van der Waals surface area (Å²) in [6.07, 6.45) is 0.499. The van der Waals surface area contributed by atoms with Crippen molar-refractivity contribution in [1.29, 1.82) is 0 Å². The molecule has 0 saturated heterocycles. The zero-order valence-electron chi connectivity index (χ0n) is 11.5. The maximum Gasteiger partial charge on any atom is 0.341 e. The molecule has 0 bridgehead atoms. The van der Waals surface area contributed by atoms with Crippen LogP contribution in [0, 0.1) is 12.7 Å². The Kier molecular flexibility index (Phi) is 5.50. The fourth-order valence-corrected chi connectivity index (χ4v) is 2.86. The van der Waals surface area contributed by atoms with Gasteiger partial charge in [0.25, 0.3) is 0 Å². The standard InChI is InChI=1S/C13H18FNO4S/c1-3-5-20(17,18)6-4-19-13(16)11-8-10(15)7-9(2)12(11)14/h7-8H,3-6,15H2,1-2H3. The van der Waals surface area contributed by atoms with Crippen LogP contribution >= 0.6 is 0 Å². The summed E-state index contributed by atoms with van der Waals surface area (Å²) in [5.41, 5.74) is 5.73. The van der Waals surface area contributed by atoms with Crippen molar-refractivity contribution in [2.24, 2.45) is 0 Å². The van der Waals surface area contributed by atoms with Gasteiger partial charge in [-0.05, 0) is 31.0 Å². The zero-order chi connectivity index (χ0) is 15.3. The first-order valence-corrected chi connectivity index (χ1v) is 8.02. The monoisotopic (exact) mass is 303 g/mol. The summed E-state index contributed by atoms with van der Waals surface area (Å²) in [4.78, 5) is 11.7. The lowest BCUT2D eigenvalue weighted by molar-refractivity contribution is 0.0523. The highest BCUT2D eigenvalue weighted by molar-refractivity contribution is 7.91. The number of esters is 1. The van der Waals surface area contributed by atoms with Gasteiger partial charge in [0.15, 0.2) is 9.84 Å². The van der Waals surface area contributed by atoms with E-state index in [9.17, 15) is 17.6 Å². The first-order valence-electron chi connectivity index (χ1n) is 6.20. The van der Waals surface area contributed by atoms with Crippen molar-refractivity contribution in [3.63, 3.8) is 0 Å². The number of carbonyl (C=O) groups is 1. The van der Waals surface area contributed by atoms with Crippen LogP contribution in [0.25, 0.3) is 0 Å². The average molecular weight is 303 g/mol. The Bertz CT molecular complexity index is 599. The second-order valence-corrected chi connectivity index (χ2v) is 6.79. The Morgan fingerprint density at radius 2 is 2.00 bits per heavy atom. The van der Waals surface area contributed by atoms with Crippen molar-refractivity contribution in [2.45, 2.75) is 20.3 Å². The van der Waals surface area contributed by atoms with Gasteiger partial charge in [-0.2, -0.15) is 0 Å². The fraction of sp³-hybridized carbons (Fsp3) is 0.462. The van der Waals surface area contributed by atoms with Crippen LogP contribution in [-0.4, -0.2) is 32.5 Å². The molecule has 0 saturated carbocycles. The topological polar surface area (TPSA) is 86.5 Å². The van der Waals surface area contributed by atoms with Gasteiger partial charge in [0.1, 0.15) is 12.4 Å². The summed E-state index contributed by atoms with van der Waals surface area (Å²) in [6, 6.07) is 2.57. The zero-order valence-corrected chi connectivity index (χ0v) is 12.3. The normalized spacial score (nSPS) is 11.3. The minimum Gasteiger partial charge on any atom is -0.461 e. The largest absolute Gasteiger partial charge is 0.461 e. The number of ether oxygens (including phenoxy) is 1. The van der Waals surface area contributed by atoms with E-state index in [1.165, 1.54) is 19.1 Å². The highest BCUT2D eigenvalue weighted by Gasteiger charge is 2.17. The second kappa shape index (κ2) is 6.69. The maximum absolute atomic E-state index is 13.7. The molecule has 5 nitrogen and oxygen atoms in total. The third kappa shape index (κ3) is 4.48. The molecule has 0 aliphatic rings. The minimum atomic E-state index is -3.23. The molecule has 2 N–H and O–H groups in total. The molecule has 0 aliphatic carbocycles. The van der Waals surface area contributed by atoms with Crippen LogP contribution in [0.1, 0.15) is 29.3 Å². The Hall–Kier alpha value is -1.63. The van der Waals surface area contributed by atoms with Crippen molar-refractivity contribution in [1.82, 2.24) is 0 Å². The molecule has 0 radical (unpaired) electrons. The molecular weight excluding hydrogens is 285 g/mol. The molecular formula is C13H18FNO4S. The summed E-state index contributed by atoms with van der Waals surface area (Å²) >= 11 is 0. The summed E-state index contributed by atoms with van der Waals surface area (Å²) in [5, 5.41) is 0. The molecule has 0 unspecified atom stereocenters. The van der Waals surface area contributed by atoms with Gasteiger partial charge in [-0.15, -0.1) is 0 Å². The summed E-state index contributed by atoms with van der Waals surface area (Å²) in [7, 11) is -3.23. The number of nitrogens with two attached hydrogens (primary N) is 1. The van der Waals surface area contributed by atoms with Gasteiger partial charge in [-0.3, -0.25) is 0 Å². The number of rotatable bonds is 6. The number of nitrogen functional groups attached to an aromatic ring is 1. The molecule has 0 fully saturated rings. The second-order valence-electron chi connectivity index (χ2n) is 4.49. The van der Waals surface area contributed by atoms with E-state index in [4.69, 9.17) is 10.5 Å². The predicted molar refractivity (Wildman–Crippen MR) is 74.8 cm³/mol. The predicted octanol–water partition coefficient (Wildman–Crippen LogP) is 1.70. The number of halogens is 1. The Labute approximate surface area is 117 Å². The van der Waals surface area contributed by atoms with E-state index >= 15 is 0 Å². The molecule has 1 aromatic rings. The number of hydrogen-bond acceptors (Lipinski definition) is 5. The van der Waals surface area contributed by atoms with E-state index in [1.807, 2.05) is 0 Å². The number of aryl methyl sites for hydroxylation is 1. The fourth-order valence-electron chi connectivity index (χ4n) is 1.70. The van der Waals surface area contributed by atoms with Gasteiger partial charge in [0.05, 0.1) is 17.1 Å². The molecule has 0 aliphatic heterocycles. The van der Waals surface area contributed by atoms with Crippen LogP contribution < -0.4 is 5.73 Å². The number of hydrogen-bond donors (Lipinski definition) is 1. The highest BCUT2D eigenvalue weighted by atomic mass is 32.2. The average Bonchev–Trinajstić information content (AvgIpc) is 2.33. The third-order valence-electron chi connectivity index (χ3n) is 2.64. The van der Waals surface area contributed by atoms with Gasteiger partial charge in [-0.1, -0.05) is 6.92 Å². The van der Waals surface area contributed by atoms with Crippen LogP contribution in [-0.2, 0) is 14.6 Å². The Morgan fingerprint density at radius 3 is 2.60 bits per heavy atom. The molecule has 1 aromatic carbocycles. The molecule has 7 heteroatoms. The van der Waals surface area contributed by atoms with Crippen LogP contribution in [0.5, 0.6) is 0 Å². The van der Waals surface area contributed by atoms with E-state index in [0.717, 1.165) is 0 Å². The minimum absolute atomic E-state index is 0.0380. The third-order valence-corrected chi connectivity index (χ3v) is 4.46. The number of benzene rings is 1. The van der Waals surface area contributed by atoms with E-state index in [0.29, 0.717) is 6.42 Å². The number of carbonyl (C=O) groups excluding carboxylic acids is 1. The lowest BCUT2D eigenvalue weighted by Gasteiger charge is -2.08. The van der Waals surface area contributed by atoms with Gasteiger partial charge < -0.3 is 10.5 Å². The van der Waals surface area contributed by atoms with Gasteiger partial charge >= 0.3 is 5.97 Å². The lowest BCUT2D eigenvalue weighted by Crippen LogP contribution is -2.18. The van der Waals surface area contributed by atoms with Crippen molar-refractivity contribution in [3.05, 3.63) is 29.1 Å². The number of anilines is 1. The van der Waals surface area contributed by atoms with E-state index in [-0.39, 0.29) is 34.9 Å². The molecule has 0 amide bonds. The van der Waals surface area contributed by atoms with Gasteiger partial charge in [0.2, 0.25) is 0 Å². The summed E-state index contributed by atoms with van der Waals surface area (Å²) in [6.45, 7) is 2.93. The summed E-state index contributed by atoms with van der Waals surface area (Å²) < 4.78 is 41.4. The Morgan fingerprint density at radius 1 is 1.35 bits per heavy atom. The van der Waals surface area contributed by atoms with Crippen LogP contribution in [0.15, 0.2) is 12.1 Å². The molecule has 0 spiro atoms. The van der Waals surface area contributed by atoms with Crippen molar-refractivity contribution in [3.8, 4) is 0 Å². The van der Waals surface area contributed by atoms with Crippen molar-refractivity contribution >= 4 is 21.5 Å². The number of sulfone groups is 1. The van der Waals surface area contributed by atoms with E-state index in [1.54, 1.807) is 6.92 Å². The van der Waals surface area contributed by atoms with Crippen molar-refractivity contribution in [2.75, 3.05) is 23.8 Å². The van der Waals surface area contributed by atoms with Gasteiger partial charge in [-0.25, -0.2) is 17.6 Å². The van der Waals surface area contributed by atoms with Crippen LogP contribution in [0.3, 0.4) is 0 Å².